The Bertz CT molecular complexity index is 992. The zero-order valence-electron chi connectivity index (χ0n) is 13.7. The van der Waals surface area contributed by atoms with Gasteiger partial charge in [-0.3, -0.25) is 4.79 Å². The highest BCUT2D eigenvalue weighted by Crippen LogP contribution is 2.13. The normalized spacial score (nSPS) is 10.6. The van der Waals surface area contributed by atoms with Crippen LogP contribution in [0, 0.1) is 0 Å². The molecule has 0 bridgehead atoms. The number of para-hydroxylation sites is 1. The highest BCUT2D eigenvalue weighted by molar-refractivity contribution is 5.97. The van der Waals surface area contributed by atoms with Crippen LogP contribution in [0.25, 0.3) is 11.5 Å². The fourth-order valence-corrected chi connectivity index (χ4v) is 2.54. The fraction of sp³-hybridized carbons (Fsp3) is 0.0556. The third kappa shape index (κ3) is 3.20. The van der Waals surface area contributed by atoms with Crippen molar-refractivity contribution < 1.29 is 4.79 Å². The molecule has 0 unspecified atom stereocenters. The molecule has 0 saturated heterocycles. The average molecular weight is 345 g/mol. The number of pyridine rings is 1. The number of nitrogens with one attached hydrogen (secondary N) is 1. The summed E-state index contributed by atoms with van der Waals surface area (Å²) in [6.07, 6.45) is 8.22. The molecule has 0 aliphatic rings. The molecule has 0 saturated carbocycles. The van der Waals surface area contributed by atoms with Crippen LogP contribution >= 0.6 is 0 Å². The van der Waals surface area contributed by atoms with Crippen LogP contribution in [-0.2, 0) is 6.54 Å². The van der Waals surface area contributed by atoms with Gasteiger partial charge in [-0.05, 0) is 29.8 Å². The molecule has 1 amide bonds. The van der Waals surface area contributed by atoms with Crippen molar-refractivity contribution in [2.75, 3.05) is 0 Å². The Balaban J connectivity index is 1.46. The van der Waals surface area contributed by atoms with Gasteiger partial charge in [0, 0.05) is 25.1 Å². The van der Waals surface area contributed by atoms with Crippen LogP contribution in [0.5, 0.6) is 0 Å². The number of amides is 1. The second kappa shape index (κ2) is 6.98. The third-order valence-electron chi connectivity index (χ3n) is 3.82. The first-order valence-corrected chi connectivity index (χ1v) is 7.98. The van der Waals surface area contributed by atoms with Crippen molar-refractivity contribution in [1.82, 2.24) is 34.8 Å². The van der Waals surface area contributed by atoms with Gasteiger partial charge >= 0.3 is 0 Å². The standard InChI is InChI=1S/C18H15N7O/c26-18(15-4-1-2-5-16(15)24-9-3-8-22-24)21-11-14-6-7-17(20-10-14)25-13-19-12-23-25/h1-10,12-13H,11H2,(H,21,26). The number of carbonyl (C=O) groups excluding carboxylic acids is 1. The second-order valence-corrected chi connectivity index (χ2v) is 5.52. The van der Waals surface area contributed by atoms with Crippen molar-refractivity contribution >= 4 is 5.91 Å². The van der Waals surface area contributed by atoms with E-state index in [-0.39, 0.29) is 5.91 Å². The van der Waals surface area contributed by atoms with Crippen LogP contribution in [-0.4, -0.2) is 35.4 Å². The van der Waals surface area contributed by atoms with E-state index in [4.69, 9.17) is 0 Å². The fourth-order valence-electron chi connectivity index (χ4n) is 2.54. The monoisotopic (exact) mass is 345 g/mol. The van der Waals surface area contributed by atoms with E-state index in [1.54, 1.807) is 40.3 Å². The summed E-state index contributed by atoms with van der Waals surface area (Å²) in [7, 11) is 0. The number of aromatic nitrogens is 6. The molecule has 128 valence electrons. The lowest BCUT2D eigenvalue weighted by molar-refractivity contribution is 0.0950. The van der Waals surface area contributed by atoms with Crippen LogP contribution in [0.1, 0.15) is 15.9 Å². The zero-order chi connectivity index (χ0) is 17.8. The lowest BCUT2D eigenvalue weighted by Crippen LogP contribution is -2.24. The molecule has 4 rings (SSSR count). The molecular weight excluding hydrogens is 330 g/mol. The van der Waals surface area contributed by atoms with E-state index < -0.39 is 0 Å². The van der Waals surface area contributed by atoms with Crippen molar-refractivity contribution in [1.29, 1.82) is 0 Å². The smallest absolute Gasteiger partial charge is 0.253 e. The summed E-state index contributed by atoms with van der Waals surface area (Å²) < 4.78 is 3.24. The van der Waals surface area contributed by atoms with Gasteiger partial charge in [0.15, 0.2) is 5.82 Å². The van der Waals surface area contributed by atoms with Crippen molar-refractivity contribution in [3.05, 3.63) is 84.8 Å². The first kappa shape index (κ1) is 15.7. The number of hydrogen-bond acceptors (Lipinski definition) is 5. The minimum absolute atomic E-state index is 0.170. The summed E-state index contributed by atoms with van der Waals surface area (Å²) in [6.45, 7) is 0.372. The predicted molar refractivity (Wildman–Crippen MR) is 93.9 cm³/mol. The van der Waals surface area contributed by atoms with E-state index in [9.17, 15) is 4.79 Å². The Hall–Kier alpha value is -3.81. The molecule has 3 heterocycles. The molecular formula is C18H15N7O. The van der Waals surface area contributed by atoms with Crippen LogP contribution in [0.4, 0.5) is 0 Å². The Kier molecular flexibility index (Phi) is 4.21. The number of benzene rings is 1. The molecule has 26 heavy (non-hydrogen) atoms. The molecule has 1 N–H and O–H groups in total. The Morgan fingerprint density at radius 1 is 1.04 bits per heavy atom. The van der Waals surface area contributed by atoms with Gasteiger partial charge in [0.05, 0.1) is 11.3 Å². The molecule has 3 aromatic heterocycles. The van der Waals surface area contributed by atoms with E-state index in [1.165, 1.54) is 6.33 Å². The Labute approximate surface area is 149 Å². The van der Waals surface area contributed by atoms with Crippen molar-refractivity contribution in [3.63, 3.8) is 0 Å². The highest BCUT2D eigenvalue weighted by Gasteiger charge is 2.12. The van der Waals surface area contributed by atoms with Crippen LogP contribution in [0.15, 0.2) is 73.7 Å². The lowest BCUT2D eigenvalue weighted by Gasteiger charge is -2.10. The molecule has 1 aromatic carbocycles. The van der Waals surface area contributed by atoms with Crippen LogP contribution in [0.3, 0.4) is 0 Å². The summed E-state index contributed by atoms with van der Waals surface area (Å²) in [6, 6.07) is 12.9. The van der Waals surface area contributed by atoms with Crippen molar-refractivity contribution in [2.24, 2.45) is 0 Å². The van der Waals surface area contributed by atoms with E-state index in [1.807, 2.05) is 36.4 Å². The Morgan fingerprint density at radius 2 is 1.96 bits per heavy atom. The zero-order valence-corrected chi connectivity index (χ0v) is 13.7. The molecule has 8 heteroatoms. The minimum atomic E-state index is -0.170. The second-order valence-electron chi connectivity index (χ2n) is 5.52. The summed E-state index contributed by atoms with van der Waals surface area (Å²) in [5, 5.41) is 11.1. The lowest BCUT2D eigenvalue weighted by atomic mass is 10.1. The van der Waals surface area contributed by atoms with Crippen LogP contribution < -0.4 is 5.32 Å². The van der Waals surface area contributed by atoms with Gasteiger partial charge in [-0.25, -0.2) is 19.3 Å². The van der Waals surface area contributed by atoms with Crippen molar-refractivity contribution in [3.8, 4) is 11.5 Å². The number of carbonyl (C=O) groups is 1. The molecule has 0 fully saturated rings. The van der Waals surface area contributed by atoms with Gasteiger partial charge in [-0.1, -0.05) is 18.2 Å². The number of nitrogens with zero attached hydrogens (tertiary/aromatic N) is 6. The van der Waals surface area contributed by atoms with Crippen LogP contribution in [0.2, 0.25) is 0 Å². The first-order chi connectivity index (χ1) is 12.8. The number of hydrogen-bond donors (Lipinski definition) is 1. The van der Waals surface area contributed by atoms with Gasteiger partial charge in [0.1, 0.15) is 12.7 Å². The maximum absolute atomic E-state index is 12.6. The summed E-state index contributed by atoms with van der Waals surface area (Å²) >= 11 is 0. The molecule has 8 nitrogen and oxygen atoms in total. The van der Waals surface area contributed by atoms with E-state index in [2.05, 4.69) is 25.5 Å². The summed E-state index contributed by atoms with van der Waals surface area (Å²) in [5.41, 5.74) is 2.18. The van der Waals surface area contributed by atoms with E-state index in [0.29, 0.717) is 17.9 Å². The minimum Gasteiger partial charge on any atom is -0.348 e. The summed E-state index contributed by atoms with van der Waals surface area (Å²) in [4.78, 5) is 20.8. The number of rotatable bonds is 5. The van der Waals surface area contributed by atoms with Gasteiger partial charge in [-0.2, -0.15) is 10.2 Å². The molecule has 0 spiro atoms. The molecule has 0 radical (unpaired) electrons. The maximum Gasteiger partial charge on any atom is 0.253 e. The van der Waals surface area contributed by atoms with Crippen molar-refractivity contribution in [2.45, 2.75) is 6.54 Å². The molecule has 0 aliphatic carbocycles. The first-order valence-electron chi connectivity index (χ1n) is 7.98. The quantitative estimate of drug-likeness (QED) is 0.595. The predicted octanol–water partition coefficient (Wildman–Crippen LogP) is 1.78. The van der Waals surface area contributed by atoms with Gasteiger partial charge < -0.3 is 5.32 Å². The average Bonchev–Trinajstić information content (AvgIpc) is 3.40. The maximum atomic E-state index is 12.6. The molecule has 0 aliphatic heterocycles. The van der Waals surface area contributed by atoms with Gasteiger partial charge in [-0.15, -0.1) is 0 Å². The summed E-state index contributed by atoms with van der Waals surface area (Å²) in [5.74, 6) is 0.498. The Morgan fingerprint density at radius 3 is 2.69 bits per heavy atom. The van der Waals surface area contributed by atoms with Gasteiger partial charge in [0.25, 0.3) is 5.91 Å². The molecule has 4 aromatic rings. The van der Waals surface area contributed by atoms with Gasteiger partial charge in [0.2, 0.25) is 0 Å². The third-order valence-corrected chi connectivity index (χ3v) is 3.82. The SMILES string of the molecule is O=C(NCc1ccc(-n2cncn2)nc1)c1ccccc1-n1cccn1. The topological polar surface area (TPSA) is 90.5 Å². The largest absolute Gasteiger partial charge is 0.348 e. The van der Waals surface area contributed by atoms with E-state index in [0.717, 1.165) is 11.3 Å². The highest BCUT2D eigenvalue weighted by atomic mass is 16.1. The van der Waals surface area contributed by atoms with E-state index >= 15 is 0 Å². The molecule has 0 atom stereocenters.